The number of para-hydroxylation sites is 2. The Morgan fingerprint density at radius 1 is 0.424 bits per heavy atom. The maximum Gasteiger partial charge on any atom is 0.238 e. The van der Waals surface area contributed by atoms with E-state index in [1.54, 1.807) is 0 Å². The first kappa shape index (κ1) is 32.4. The van der Waals surface area contributed by atoms with Crippen molar-refractivity contribution >= 4 is 96.8 Å². The Hall–Kier alpha value is -7.67. The third-order valence-electron chi connectivity index (χ3n) is 11.8. The van der Waals surface area contributed by atoms with Crippen molar-refractivity contribution < 1.29 is 4.42 Å². The smallest absolute Gasteiger partial charge is 0.238 e. The standard InChI is InChI=1S/C53H30N4OS/c1-2-13-32(14-3-1)51-54-52(35-24-26-38-37-18-8-9-23-45(37)58-46(38)30-35)56-53(55-51)57-44-29-34-16-5-4-15-33(34)28-43(44)40-20-10-19-39(49(40)57)41-21-11-22-42-48-36-17-7-6-12-31(36)25-27-47(48)59-50(41)42/h1-30H. The van der Waals surface area contributed by atoms with Gasteiger partial charge in [-0.25, -0.2) is 4.98 Å². The normalized spacial score (nSPS) is 12.1. The average Bonchev–Trinajstić information content (AvgIpc) is 3.98. The molecule has 274 valence electrons. The van der Waals surface area contributed by atoms with Crippen molar-refractivity contribution in [3.63, 3.8) is 0 Å². The summed E-state index contributed by atoms with van der Waals surface area (Å²) in [5.41, 5.74) is 7.80. The molecule has 0 aliphatic rings. The number of hydrogen-bond acceptors (Lipinski definition) is 5. The Labute approximate surface area is 341 Å². The largest absolute Gasteiger partial charge is 0.456 e. The number of furan rings is 1. The fourth-order valence-electron chi connectivity index (χ4n) is 9.13. The van der Waals surface area contributed by atoms with Crippen LogP contribution >= 0.6 is 11.3 Å². The van der Waals surface area contributed by atoms with Crippen LogP contribution < -0.4 is 0 Å². The monoisotopic (exact) mass is 770 g/mol. The minimum Gasteiger partial charge on any atom is -0.456 e. The summed E-state index contributed by atoms with van der Waals surface area (Å²) < 4.78 is 11.2. The molecule has 0 N–H and O–H groups in total. The molecule has 9 aromatic carbocycles. The summed E-state index contributed by atoms with van der Waals surface area (Å²) in [4.78, 5) is 15.9. The van der Waals surface area contributed by atoms with Gasteiger partial charge in [-0.05, 0) is 57.9 Å². The van der Waals surface area contributed by atoms with Crippen molar-refractivity contribution in [1.29, 1.82) is 0 Å². The first-order chi connectivity index (χ1) is 29.2. The van der Waals surface area contributed by atoms with Gasteiger partial charge in [0.1, 0.15) is 11.2 Å². The molecule has 0 saturated carbocycles. The Balaban J connectivity index is 1.13. The van der Waals surface area contributed by atoms with Crippen LogP contribution in [-0.2, 0) is 0 Å². The highest BCUT2D eigenvalue weighted by atomic mass is 32.1. The van der Waals surface area contributed by atoms with Crippen LogP contribution in [0.1, 0.15) is 0 Å². The van der Waals surface area contributed by atoms with Crippen molar-refractivity contribution in [3.05, 3.63) is 182 Å². The Kier molecular flexibility index (Phi) is 6.82. The molecule has 4 heterocycles. The van der Waals surface area contributed by atoms with Crippen molar-refractivity contribution in [1.82, 2.24) is 19.5 Å². The fraction of sp³-hybridized carbons (Fsp3) is 0. The second kappa shape index (κ2) is 12.4. The highest BCUT2D eigenvalue weighted by Gasteiger charge is 2.23. The van der Waals surface area contributed by atoms with Crippen LogP contribution in [-0.4, -0.2) is 19.5 Å². The lowest BCUT2D eigenvalue weighted by molar-refractivity contribution is 0.669. The molecule has 0 aliphatic heterocycles. The van der Waals surface area contributed by atoms with Crippen LogP contribution in [0.15, 0.2) is 186 Å². The van der Waals surface area contributed by atoms with Gasteiger partial charge in [0.15, 0.2) is 11.6 Å². The molecule has 0 unspecified atom stereocenters. The molecule has 0 amide bonds. The summed E-state index contributed by atoms with van der Waals surface area (Å²) in [6.45, 7) is 0. The topological polar surface area (TPSA) is 56.7 Å². The second-order valence-electron chi connectivity index (χ2n) is 15.2. The van der Waals surface area contributed by atoms with Crippen LogP contribution in [0.25, 0.3) is 125 Å². The van der Waals surface area contributed by atoms with Crippen molar-refractivity contribution in [2.24, 2.45) is 0 Å². The van der Waals surface area contributed by atoms with E-state index in [4.69, 9.17) is 19.4 Å². The molecular weight excluding hydrogens is 741 g/mol. The lowest BCUT2D eigenvalue weighted by atomic mass is 9.98. The van der Waals surface area contributed by atoms with Crippen LogP contribution in [0.5, 0.6) is 0 Å². The zero-order valence-corrected chi connectivity index (χ0v) is 32.2. The van der Waals surface area contributed by atoms with E-state index in [9.17, 15) is 0 Å². The molecule has 0 saturated heterocycles. The molecule has 0 atom stereocenters. The van der Waals surface area contributed by atoms with E-state index in [1.165, 1.54) is 41.9 Å². The average molecular weight is 771 g/mol. The van der Waals surface area contributed by atoms with Crippen molar-refractivity contribution in [2.75, 3.05) is 0 Å². The molecule has 59 heavy (non-hydrogen) atoms. The first-order valence-electron chi connectivity index (χ1n) is 19.8. The van der Waals surface area contributed by atoms with Gasteiger partial charge in [-0.3, -0.25) is 4.57 Å². The van der Waals surface area contributed by atoms with E-state index >= 15 is 0 Å². The van der Waals surface area contributed by atoms with Crippen molar-refractivity contribution in [2.45, 2.75) is 0 Å². The van der Waals surface area contributed by atoms with E-state index in [2.05, 4.69) is 150 Å². The molecular formula is C53H30N4OS. The number of aromatic nitrogens is 4. The van der Waals surface area contributed by atoms with E-state index in [0.29, 0.717) is 17.6 Å². The number of thiophene rings is 1. The van der Waals surface area contributed by atoms with E-state index < -0.39 is 0 Å². The predicted molar refractivity (Wildman–Crippen MR) is 246 cm³/mol. The summed E-state index contributed by atoms with van der Waals surface area (Å²) in [5, 5.41) is 11.9. The third-order valence-corrected chi connectivity index (χ3v) is 13.0. The molecule has 13 rings (SSSR count). The third kappa shape index (κ3) is 4.87. The van der Waals surface area contributed by atoms with Crippen molar-refractivity contribution in [3.8, 4) is 39.9 Å². The van der Waals surface area contributed by atoms with Crippen LogP contribution in [0.4, 0.5) is 0 Å². The summed E-state index contributed by atoms with van der Waals surface area (Å²) in [7, 11) is 0. The van der Waals surface area contributed by atoms with Gasteiger partial charge >= 0.3 is 0 Å². The number of nitrogens with zero attached hydrogens (tertiary/aromatic N) is 4. The van der Waals surface area contributed by atoms with Gasteiger partial charge in [0.05, 0.1) is 11.0 Å². The predicted octanol–water partition coefficient (Wildman–Crippen LogP) is 14.5. The zero-order chi connectivity index (χ0) is 38.6. The number of rotatable bonds is 4. The molecule has 4 aromatic heterocycles. The second-order valence-corrected chi connectivity index (χ2v) is 16.2. The van der Waals surface area contributed by atoms with Crippen LogP contribution in [0.3, 0.4) is 0 Å². The zero-order valence-electron chi connectivity index (χ0n) is 31.4. The summed E-state index contributed by atoms with van der Waals surface area (Å²) in [5.74, 6) is 1.72. The number of benzene rings is 9. The van der Waals surface area contributed by atoms with Gasteiger partial charge in [0.2, 0.25) is 5.95 Å². The van der Waals surface area contributed by atoms with Gasteiger partial charge in [-0.1, -0.05) is 146 Å². The van der Waals surface area contributed by atoms with Gasteiger partial charge in [0, 0.05) is 64.0 Å². The number of hydrogen-bond donors (Lipinski definition) is 0. The quantitative estimate of drug-likeness (QED) is 0.179. The molecule has 13 aromatic rings. The molecule has 0 fully saturated rings. The summed E-state index contributed by atoms with van der Waals surface area (Å²) in [6, 6.07) is 64.4. The Morgan fingerprint density at radius 2 is 1.10 bits per heavy atom. The summed E-state index contributed by atoms with van der Waals surface area (Å²) in [6.07, 6.45) is 0. The van der Waals surface area contributed by atoms with Gasteiger partial charge < -0.3 is 4.42 Å². The lowest BCUT2D eigenvalue weighted by Crippen LogP contribution is -2.07. The molecule has 0 bridgehead atoms. The van der Waals surface area contributed by atoms with Gasteiger partial charge in [-0.2, -0.15) is 9.97 Å². The summed E-state index contributed by atoms with van der Waals surface area (Å²) >= 11 is 1.86. The first-order valence-corrected chi connectivity index (χ1v) is 20.6. The molecule has 0 radical (unpaired) electrons. The number of fused-ring (bicyclic) bond motifs is 12. The molecule has 0 aliphatic carbocycles. The van der Waals surface area contributed by atoms with Gasteiger partial charge in [-0.15, -0.1) is 11.3 Å². The maximum atomic E-state index is 6.36. The van der Waals surface area contributed by atoms with Gasteiger partial charge in [0.25, 0.3) is 0 Å². The SMILES string of the molecule is c1ccc(-c2nc(-c3ccc4c(c3)oc3ccccc34)nc(-n3c4cc5ccccc5cc4c4cccc(-c5cccc6c5sc5ccc7ccccc7c56)c43)n2)cc1. The lowest BCUT2D eigenvalue weighted by Gasteiger charge is -2.13. The minimum atomic E-state index is 0.552. The highest BCUT2D eigenvalue weighted by Crippen LogP contribution is 2.46. The van der Waals surface area contributed by atoms with E-state index in [1.807, 2.05) is 47.7 Å². The maximum absolute atomic E-state index is 6.36. The molecule has 0 spiro atoms. The Morgan fingerprint density at radius 3 is 1.97 bits per heavy atom. The molecule has 5 nitrogen and oxygen atoms in total. The van der Waals surface area contributed by atoms with E-state index in [-0.39, 0.29) is 0 Å². The van der Waals surface area contributed by atoms with Crippen LogP contribution in [0.2, 0.25) is 0 Å². The minimum absolute atomic E-state index is 0.552. The fourth-order valence-corrected chi connectivity index (χ4v) is 10.4. The Bertz CT molecular complexity index is 3860. The molecule has 6 heteroatoms. The highest BCUT2D eigenvalue weighted by molar-refractivity contribution is 7.26. The van der Waals surface area contributed by atoms with E-state index in [0.717, 1.165) is 65.8 Å². The van der Waals surface area contributed by atoms with Crippen LogP contribution in [0, 0.1) is 0 Å².